The Morgan fingerprint density at radius 1 is 0.476 bits per heavy atom. The van der Waals surface area contributed by atoms with Crippen LogP contribution in [0.5, 0.6) is 0 Å². The van der Waals surface area contributed by atoms with Gasteiger partial charge in [-0.1, -0.05) is 183 Å². The minimum atomic E-state index is 0.176. The largest absolute Gasteiger partial charge is 0.310 e. The number of para-hydroxylation sites is 4. The quantitative estimate of drug-likeness (QED) is 0.160. The van der Waals surface area contributed by atoms with Crippen LogP contribution in [0.3, 0.4) is 0 Å². The van der Waals surface area contributed by atoms with Gasteiger partial charge in [0.05, 0.1) is 5.69 Å². The summed E-state index contributed by atoms with van der Waals surface area (Å²) in [6, 6.07) is 65.7. The number of benzene rings is 8. The van der Waals surface area contributed by atoms with E-state index < -0.39 is 0 Å². The molecule has 1 fully saturated rings. The van der Waals surface area contributed by atoms with Crippen LogP contribution in [0.4, 0.5) is 28.4 Å². The van der Waals surface area contributed by atoms with Crippen molar-refractivity contribution in [1.29, 1.82) is 0 Å². The van der Waals surface area contributed by atoms with E-state index in [0.29, 0.717) is 11.8 Å². The third-order valence-electron chi connectivity index (χ3n) is 15.1. The van der Waals surface area contributed by atoms with Crippen LogP contribution < -0.4 is 9.80 Å². The maximum Gasteiger partial charge on any atom is 0.0540 e. The van der Waals surface area contributed by atoms with Crippen molar-refractivity contribution in [2.75, 3.05) is 9.80 Å². The Kier molecular flexibility index (Phi) is 8.38. The topological polar surface area (TPSA) is 6.48 Å². The standard InChI is InChI=1S/C61H48N2/c1-7-19-56-44(13-1)38-45-14-2-8-20-57(45)62(56)48-30-32-52-51-31-27-42(37-54(51)61(55(52)40-48)35-11-12-36-61)24-23-41-25-28-43(29-26-41)49-33-34-60(53-18-6-5-17-50(49)53)63-58-21-9-3-15-46(58)39-47-16-4-10-22-59(47)63/h1-10,13-34,37,40,52,55H,11-12,35-36,38-39H2/b24-23+. The minimum absolute atomic E-state index is 0.176. The second-order valence-electron chi connectivity index (χ2n) is 18.4. The van der Waals surface area contributed by atoms with Crippen molar-refractivity contribution >= 4 is 51.4 Å². The maximum absolute atomic E-state index is 2.66. The monoisotopic (exact) mass is 808 g/mol. The van der Waals surface area contributed by atoms with E-state index in [1.807, 2.05) is 0 Å². The molecule has 63 heavy (non-hydrogen) atoms. The molecule has 8 aromatic carbocycles. The van der Waals surface area contributed by atoms with E-state index in [-0.39, 0.29) is 5.41 Å². The van der Waals surface area contributed by atoms with Crippen LogP contribution in [-0.2, 0) is 18.3 Å². The summed E-state index contributed by atoms with van der Waals surface area (Å²) >= 11 is 0. The van der Waals surface area contributed by atoms with Gasteiger partial charge >= 0.3 is 0 Å². The first-order chi connectivity index (χ1) is 31.2. The molecule has 1 saturated carbocycles. The fraction of sp³-hybridized carbons (Fsp3) is 0.148. The van der Waals surface area contributed by atoms with Crippen molar-refractivity contribution < 1.29 is 0 Å². The smallest absolute Gasteiger partial charge is 0.0540 e. The molecule has 2 heterocycles. The SMILES string of the molecule is C1=CC2c3ccc(/C=C/c4ccc(-c5ccc(N6c7ccccc7Cc7ccccc76)c6ccccc56)cc4)cc3C3(CCCC3)C2C=C1N1c2ccccc2Cc2ccccc21. The summed E-state index contributed by atoms with van der Waals surface area (Å²) < 4.78 is 0. The van der Waals surface area contributed by atoms with Gasteiger partial charge in [0, 0.05) is 58.0 Å². The normalized spacial score (nSPS) is 18.8. The van der Waals surface area contributed by atoms with Gasteiger partial charge in [0.25, 0.3) is 0 Å². The zero-order valence-electron chi connectivity index (χ0n) is 35.4. The van der Waals surface area contributed by atoms with Gasteiger partial charge < -0.3 is 9.80 Å². The van der Waals surface area contributed by atoms with Gasteiger partial charge in [-0.25, -0.2) is 0 Å². The summed E-state index contributed by atoms with van der Waals surface area (Å²) in [6.07, 6.45) is 19.3. The van der Waals surface area contributed by atoms with Crippen LogP contribution in [0.15, 0.2) is 200 Å². The zero-order chi connectivity index (χ0) is 41.5. The summed E-state index contributed by atoms with van der Waals surface area (Å²) in [5.74, 6) is 0.874. The molecule has 13 rings (SSSR count). The Morgan fingerprint density at radius 3 is 1.65 bits per heavy atom. The number of hydrogen-bond donors (Lipinski definition) is 0. The summed E-state index contributed by atoms with van der Waals surface area (Å²) in [5, 5.41) is 2.52. The highest BCUT2D eigenvalue weighted by Gasteiger charge is 2.52. The molecule has 1 spiro atoms. The molecule has 0 radical (unpaired) electrons. The molecule has 2 aliphatic heterocycles. The first-order valence-electron chi connectivity index (χ1n) is 23.0. The lowest BCUT2D eigenvalue weighted by Crippen LogP contribution is -2.31. The third-order valence-corrected chi connectivity index (χ3v) is 15.1. The van der Waals surface area contributed by atoms with Crippen molar-refractivity contribution in [3.8, 4) is 11.1 Å². The third kappa shape index (κ3) is 5.77. The summed E-state index contributed by atoms with van der Waals surface area (Å²) in [4.78, 5) is 5.01. The van der Waals surface area contributed by atoms with Crippen LogP contribution in [-0.4, -0.2) is 0 Å². The molecule has 8 aromatic rings. The molecule has 0 amide bonds. The van der Waals surface area contributed by atoms with Gasteiger partial charge in [-0.15, -0.1) is 0 Å². The predicted molar refractivity (Wildman–Crippen MR) is 264 cm³/mol. The summed E-state index contributed by atoms with van der Waals surface area (Å²) in [6.45, 7) is 0. The van der Waals surface area contributed by atoms with Crippen molar-refractivity contribution in [3.05, 3.63) is 244 Å². The van der Waals surface area contributed by atoms with E-state index in [9.17, 15) is 0 Å². The van der Waals surface area contributed by atoms with E-state index in [0.717, 1.165) is 12.8 Å². The average Bonchev–Trinajstić information content (AvgIpc) is 3.94. The number of rotatable bonds is 5. The fourth-order valence-corrected chi connectivity index (χ4v) is 12.2. The van der Waals surface area contributed by atoms with Crippen LogP contribution in [0, 0.1) is 5.92 Å². The molecule has 2 unspecified atom stereocenters. The highest BCUT2D eigenvalue weighted by Crippen LogP contribution is 2.61. The maximum atomic E-state index is 2.66. The number of anilines is 5. The highest BCUT2D eigenvalue weighted by atomic mass is 15.2. The Bertz CT molecular complexity index is 3120. The molecule has 302 valence electrons. The molecule has 2 atom stereocenters. The molecule has 0 bridgehead atoms. The Balaban J connectivity index is 0.801. The van der Waals surface area contributed by atoms with Crippen LogP contribution in [0.2, 0.25) is 0 Å². The number of allylic oxidation sites excluding steroid dienone is 3. The van der Waals surface area contributed by atoms with E-state index in [4.69, 9.17) is 0 Å². The highest BCUT2D eigenvalue weighted by molar-refractivity contribution is 6.07. The van der Waals surface area contributed by atoms with E-state index in [1.54, 1.807) is 5.56 Å². The molecule has 2 nitrogen and oxygen atoms in total. The summed E-state index contributed by atoms with van der Waals surface area (Å²) in [7, 11) is 0. The van der Waals surface area contributed by atoms with Crippen LogP contribution >= 0.6 is 0 Å². The second kappa shape index (κ2) is 14.5. The van der Waals surface area contributed by atoms with Crippen molar-refractivity contribution in [2.45, 2.75) is 49.9 Å². The molecule has 0 N–H and O–H groups in total. The lowest BCUT2D eigenvalue weighted by molar-refractivity contribution is 0.335. The molecular formula is C61H48N2. The Labute approximate surface area is 370 Å². The Hall–Kier alpha value is -7.16. The Morgan fingerprint density at radius 2 is 1.02 bits per heavy atom. The minimum Gasteiger partial charge on any atom is -0.310 e. The van der Waals surface area contributed by atoms with Crippen molar-refractivity contribution in [2.24, 2.45) is 5.92 Å². The van der Waals surface area contributed by atoms with Gasteiger partial charge in [-0.05, 0) is 116 Å². The first-order valence-corrected chi connectivity index (χ1v) is 23.0. The van der Waals surface area contributed by atoms with Crippen LogP contribution in [0.25, 0.3) is 34.1 Å². The lowest BCUT2D eigenvalue weighted by Gasteiger charge is -2.39. The molecule has 0 aromatic heterocycles. The number of fused-ring (bicyclic) bond motifs is 10. The van der Waals surface area contributed by atoms with Crippen LogP contribution in [0.1, 0.15) is 76.1 Å². The van der Waals surface area contributed by atoms with E-state index in [1.165, 1.54) is 121 Å². The molecule has 5 aliphatic rings. The molecule has 3 aliphatic carbocycles. The predicted octanol–water partition coefficient (Wildman–Crippen LogP) is 15.8. The fourth-order valence-electron chi connectivity index (χ4n) is 12.2. The molecular weight excluding hydrogens is 761 g/mol. The van der Waals surface area contributed by atoms with E-state index in [2.05, 4.69) is 216 Å². The molecule has 2 heteroatoms. The van der Waals surface area contributed by atoms with Gasteiger partial charge in [-0.2, -0.15) is 0 Å². The summed E-state index contributed by atoms with van der Waals surface area (Å²) in [5.41, 5.74) is 21.5. The number of nitrogens with zero attached hydrogens (tertiary/aromatic N) is 2. The van der Waals surface area contributed by atoms with Gasteiger partial charge in [0.2, 0.25) is 0 Å². The lowest BCUT2D eigenvalue weighted by atomic mass is 9.69. The average molecular weight is 809 g/mol. The van der Waals surface area contributed by atoms with Crippen molar-refractivity contribution in [3.63, 3.8) is 0 Å². The van der Waals surface area contributed by atoms with E-state index >= 15 is 0 Å². The number of hydrogen-bond acceptors (Lipinski definition) is 2. The van der Waals surface area contributed by atoms with Crippen molar-refractivity contribution in [1.82, 2.24) is 0 Å². The van der Waals surface area contributed by atoms with Gasteiger partial charge in [0.15, 0.2) is 0 Å². The van der Waals surface area contributed by atoms with Gasteiger partial charge in [-0.3, -0.25) is 0 Å². The second-order valence-corrected chi connectivity index (χ2v) is 18.4. The molecule has 0 saturated heterocycles. The van der Waals surface area contributed by atoms with Gasteiger partial charge in [0.1, 0.15) is 0 Å². The zero-order valence-corrected chi connectivity index (χ0v) is 35.4. The first kappa shape index (κ1) is 36.5.